The number of fused-ring (bicyclic) bond motifs is 5. The van der Waals surface area contributed by atoms with Crippen LogP contribution in [0.15, 0.2) is 114 Å². The molecule has 2 atom stereocenters. The molecule has 0 saturated heterocycles. The second-order valence-electron chi connectivity index (χ2n) is 24.4. The van der Waals surface area contributed by atoms with Gasteiger partial charge in [0.1, 0.15) is 0 Å². The number of allylic oxidation sites excluding steroid dienone is 2. The third-order valence-electron chi connectivity index (χ3n) is 15.7. The molecular formula is C62H59Cl2F12SiZr. The van der Waals surface area contributed by atoms with Crippen LogP contribution in [-0.4, -0.2) is 9.52 Å². The van der Waals surface area contributed by atoms with Gasteiger partial charge >= 0.3 is 461 Å². The molecular weight excluding hydrogens is 1160 g/mol. The Labute approximate surface area is 458 Å². The van der Waals surface area contributed by atoms with E-state index >= 15 is 0 Å². The van der Waals surface area contributed by atoms with Gasteiger partial charge in [-0.15, -0.1) is 0 Å². The molecule has 0 bridgehead atoms. The van der Waals surface area contributed by atoms with Gasteiger partial charge in [-0.25, -0.2) is 0 Å². The van der Waals surface area contributed by atoms with E-state index in [0.717, 1.165) is 56.9 Å². The summed E-state index contributed by atoms with van der Waals surface area (Å²) < 4.78 is 177. The molecule has 3 aliphatic rings. The second kappa shape index (κ2) is 19.4. The van der Waals surface area contributed by atoms with E-state index in [-0.39, 0.29) is 46.2 Å². The molecule has 0 aromatic heterocycles. The van der Waals surface area contributed by atoms with Gasteiger partial charge < -0.3 is 0 Å². The Morgan fingerprint density at radius 3 is 1.21 bits per heavy atom. The van der Waals surface area contributed by atoms with Gasteiger partial charge in [-0.2, -0.15) is 0 Å². The van der Waals surface area contributed by atoms with Crippen LogP contribution in [-0.2, 0) is 51.9 Å². The molecule has 1 heterocycles. The predicted molar refractivity (Wildman–Crippen MR) is 293 cm³/mol. The fourth-order valence-electron chi connectivity index (χ4n) is 12.7. The SMILES string of the molecule is CC(C)CC1=Cc2c(ccc(C(C)(C)C)c2-c2cc(C(F)(F)F)cc(C(F)(F)F)c2)[CH]1[Zr]([Cl])([Cl])([c]1cccc2c1[SiH2]c1ccccc1-2)[CH]1C(CC(C)C)=Cc2c1ccc(C(C)(C)C)c2-c1cc(C(F)(F)F)cc(C(F)(F)F)c1. The van der Waals surface area contributed by atoms with Crippen molar-refractivity contribution >= 4 is 52.3 Å². The first-order chi connectivity index (χ1) is 35.8. The summed E-state index contributed by atoms with van der Waals surface area (Å²) >= 11 is -6.70. The van der Waals surface area contributed by atoms with Gasteiger partial charge in [-0.05, 0) is 0 Å². The fraction of sp³-hybridized carbons (Fsp3) is 0.355. The molecule has 2 aliphatic carbocycles. The van der Waals surface area contributed by atoms with E-state index in [0.29, 0.717) is 49.5 Å². The molecule has 78 heavy (non-hydrogen) atoms. The Balaban J connectivity index is 1.46. The van der Waals surface area contributed by atoms with E-state index in [2.05, 4.69) is 6.07 Å². The van der Waals surface area contributed by atoms with E-state index in [1.54, 1.807) is 12.1 Å². The van der Waals surface area contributed by atoms with Crippen molar-refractivity contribution < 1.29 is 69.1 Å². The van der Waals surface area contributed by atoms with Crippen LogP contribution in [0.3, 0.4) is 0 Å². The van der Waals surface area contributed by atoms with E-state index in [9.17, 15) is 69.7 Å². The maximum absolute atomic E-state index is 14.8. The first-order valence-corrected chi connectivity index (χ1v) is 37.7. The summed E-state index contributed by atoms with van der Waals surface area (Å²) in [7, 11) is 17.2. The van der Waals surface area contributed by atoms with Crippen molar-refractivity contribution in [1.82, 2.24) is 0 Å². The minimum atomic E-state index is -6.70. The number of alkyl halides is 12. The summed E-state index contributed by atoms with van der Waals surface area (Å²) in [6.07, 6.45) is -16.2. The average molecular weight is 1220 g/mol. The van der Waals surface area contributed by atoms with Crippen LogP contribution in [0.4, 0.5) is 52.7 Å². The van der Waals surface area contributed by atoms with Crippen LogP contribution in [0.5, 0.6) is 0 Å². The molecule has 6 aromatic carbocycles. The molecule has 413 valence electrons. The quantitative estimate of drug-likeness (QED) is 0.0998. The zero-order valence-electron chi connectivity index (χ0n) is 44.7. The van der Waals surface area contributed by atoms with Crippen LogP contribution in [0.25, 0.3) is 45.5 Å². The molecule has 0 saturated carbocycles. The molecule has 6 aromatic rings. The average Bonchev–Trinajstić information content (AvgIpc) is 3.67. The van der Waals surface area contributed by atoms with Gasteiger partial charge in [0.25, 0.3) is 0 Å². The number of hydrogen-bond acceptors (Lipinski definition) is 0. The molecule has 0 fully saturated rings. The molecule has 0 spiro atoms. The standard InChI is InChI=1S/2C25H25F6.C12H9Si.2ClH.Zr/c2*1-14(2)8-15-9-16-6-7-21(23(3,4)5)22(20(16)10-15)17-11-18(24(26,27)28)13-19(12-17)25(29,30)31;1-3-7-11-9(5-1)10-6-2-4-8-12(10)13-11;;;/h2*6-7,9-14H,8H2,1-5H3;1-7H,13H2;2*1H;/q;;;;;+2/p-2. The van der Waals surface area contributed by atoms with Crippen LogP contribution >= 0.6 is 17.0 Å². The molecule has 1 aliphatic heterocycles. The van der Waals surface area contributed by atoms with Gasteiger partial charge in [0, 0.05) is 0 Å². The Morgan fingerprint density at radius 1 is 0.474 bits per heavy atom. The van der Waals surface area contributed by atoms with Gasteiger partial charge in [0.2, 0.25) is 0 Å². The maximum atomic E-state index is 14.8. The molecule has 0 radical (unpaired) electrons. The minimum absolute atomic E-state index is 0.0947. The summed E-state index contributed by atoms with van der Waals surface area (Å²) in [5.74, 6) is -0.189. The van der Waals surface area contributed by atoms with Gasteiger partial charge in [-0.1, -0.05) is 0 Å². The Bertz CT molecular complexity index is 3230. The Morgan fingerprint density at radius 2 is 0.846 bits per heavy atom. The second-order valence-corrected chi connectivity index (χ2v) is 46.8. The molecule has 2 unspecified atom stereocenters. The molecule has 9 rings (SSSR count). The number of halogens is 14. The third-order valence-corrected chi connectivity index (χ3v) is 38.5. The first-order valence-electron chi connectivity index (χ1n) is 25.9. The van der Waals surface area contributed by atoms with Crippen molar-refractivity contribution in [2.45, 2.75) is 125 Å². The molecule has 16 heteroatoms. The van der Waals surface area contributed by atoms with E-state index < -0.39 is 91.0 Å². The first kappa shape index (κ1) is 58.3. The summed E-state index contributed by atoms with van der Waals surface area (Å²) in [6, 6.07) is 24.3. The van der Waals surface area contributed by atoms with E-state index in [1.807, 2.05) is 130 Å². The Hall–Kier alpha value is -4.36. The zero-order valence-corrected chi connectivity index (χ0v) is 50.1. The zero-order chi connectivity index (χ0) is 57.4. The monoisotopic (exact) mass is 1220 g/mol. The topological polar surface area (TPSA) is 0 Å². The summed E-state index contributed by atoms with van der Waals surface area (Å²) in [4.78, 5) is 0. The fourth-order valence-corrected chi connectivity index (χ4v) is 40.6. The van der Waals surface area contributed by atoms with Crippen molar-refractivity contribution in [1.29, 1.82) is 0 Å². The van der Waals surface area contributed by atoms with E-state index in [1.165, 1.54) is 0 Å². The van der Waals surface area contributed by atoms with Crippen molar-refractivity contribution in [2.24, 2.45) is 11.8 Å². The number of rotatable bonds is 9. The van der Waals surface area contributed by atoms with Gasteiger partial charge in [0.05, 0.1) is 0 Å². The van der Waals surface area contributed by atoms with Crippen LogP contribution in [0.2, 0.25) is 0 Å². The van der Waals surface area contributed by atoms with Crippen LogP contribution < -0.4 is 13.6 Å². The van der Waals surface area contributed by atoms with Crippen molar-refractivity contribution in [3.8, 4) is 33.4 Å². The summed E-state index contributed by atoms with van der Waals surface area (Å²) in [6.45, 7) is 18.9. The number of benzene rings is 6. The normalized spacial score (nSPS) is 17.7. The molecule has 0 N–H and O–H groups in total. The van der Waals surface area contributed by atoms with E-state index in [4.69, 9.17) is 0 Å². The molecule has 0 nitrogen and oxygen atoms in total. The van der Waals surface area contributed by atoms with Gasteiger partial charge in [0.15, 0.2) is 0 Å². The van der Waals surface area contributed by atoms with Crippen LogP contribution in [0.1, 0.15) is 145 Å². The predicted octanol–water partition coefficient (Wildman–Crippen LogP) is 18.8. The summed E-state index contributed by atoms with van der Waals surface area (Å²) in [5.41, 5.74) is -1.75. The van der Waals surface area contributed by atoms with Crippen molar-refractivity contribution in [3.05, 3.63) is 170 Å². The number of hydrogen-bond donors (Lipinski definition) is 0. The van der Waals surface area contributed by atoms with Gasteiger partial charge in [-0.3, -0.25) is 0 Å². The van der Waals surface area contributed by atoms with Crippen molar-refractivity contribution in [2.75, 3.05) is 0 Å². The Kier molecular flexibility index (Phi) is 14.5. The van der Waals surface area contributed by atoms with Crippen LogP contribution in [0, 0.1) is 11.8 Å². The third kappa shape index (κ3) is 10.3. The molecule has 0 amide bonds. The van der Waals surface area contributed by atoms with Crippen molar-refractivity contribution in [3.63, 3.8) is 0 Å². The summed E-state index contributed by atoms with van der Waals surface area (Å²) in [5, 5.41) is 2.10.